The highest BCUT2D eigenvalue weighted by atomic mass is 32.2. The van der Waals surface area contributed by atoms with Crippen molar-refractivity contribution in [2.45, 2.75) is 17.5 Å². The summed E-state index contributed by atoms with van der Waals surface area (Å²) in [4.78, 5) is 12.2. The SMILES string of the molecule is CS(=O)(=NC#N)c1ccc(Oc2cc(F)cc(C#N)c2)c2c1C(=O)C(F)C2. The van der Waals surface area contributed by atoms with Crippen LogP contribution in [0.4, 0.5) is 8.78 Å². The van der Waals surface area contributed by atoms with Crippen LogP contribution in [0.3, 0.4) is 0 Å². The number of nitrogens with zero attached hydrogens (tertiary/aromatic N) is 3. The normalized spacial score (nSPS) is 17.4. The van der Waals surface area contributed by atoms with Crippen molar-refractivity contribution in [3.8, 4) is 23.8 Å². The Kier molecular flexibility index (Phi) is 4.64. The fraction of sp³-hybridized carbons (Fsp3) is 0.167. The molecular formula is C18H11F2N3O3S. The smallest absolute Gasteiger partial charge is 0.214 e. The Morgan fingerprint density at radius 2 is 2.04 bits per heavy atom. The molecule has 27 heavy (non-hydrogen) atoms. The van der Waals surface area contributed by atoms with Gasteiger partial charge in [-0.1, -0.05) is 0 Å². The van der Waals surface area contributed by atoms with Crippen molar-refractivity contribution >= 4 is 15.5 Å². The molecular weight excluding hydrogens is 376 g/mol. The van der Waals surface area contributed by atoms with Crippen LogP contribution < -0.4 is 4.74 Å². The van der Waals surface area contributed by atoms with Crippen molar-refractivity contribution in [1.82, 2.24) is 0 Å². The number of hydrogen-bond acceptors (Lipinski definition) is 6. The van der Waals surface area contributed by atoms with Gasteiger partial charge in [0, 0.05) is 29.9 Å². The standard InChI is InChI=1S/C18H11F2N3O3S/c1-27(25,23-9-22)16-3-2-15(13-7-14(20)18(24)17(13)16)26-12-5-10(8-21)4-11(19)6-12/h2-6,14H,7H2,1H3. The van der Waals surface area contributed by atoms with Crippen molar-refractivity contribution in [3.63, 3.8) is 0 Å². The van der Waals surface area contributed by atoms with Crippen molar-refractivity contribution in [1.29, 1.82) is 10.5 Å². The third-order valence-electron chi connectivity index (χ3n) is 4.00. The second-order valence-electron chi connectivity index (χ2n) is 5.83. The number of nitriles is 2. The molecule has 2 aromatic carbocycles. The van der Waals surface area contributed by atoms with Gasteiger partial charge in [-0.05, 0) is 24.3 Å². The summed E-state index contributed by atoms with van der Waals surface area (Å²) >= 11 is 0. The minimum atomic E-state index is -3.23. The molecule has 3 rings (SSSR count). The zero-order chi connectivity index (χ0) is 19.8. The maximum atomic E-state index is 14.1. The fourth-order valence-corrected chi connectivity index (χ4v) is 4.04. The molecule has 0 amide bonds. The molecule has 136 valence electrons. The molecule has 1 aliphatic rings. The lowest BCUT2D eigenvalue weighted by Crippen LogP contribution is -2.11. The minimum absolute atomic E-state index is 0.00444. The van der Waals surface area contributed by atoms with Gasteiger partial charge in [0.1, 0.15) is 17.3 Å². The molecule has 0 saturated heterocycles. The predicted octanol–water partition coefficient (Wildman–Crippen LogP) is 3.50. The van der Waals surface area contributed by atoms with E-state index < -0.39 is 27.5 Å². The van der Waals surface area contributed by atoms with Crippen molar-refractivity contribution in [3.05, 3.63) is 52.8 Å². The Balaban J connectivity index is 2.16. The van der Waals surface area contributed by atoms with Crippen LogP contribution in [0, 0.1) is 28.6 Å². The number of Topliss-reactive ketones (excluding diaryl/α,β-unsaturated/α-hetero) is 1. The lowest BCUT2D eigenvalue weighted by Gasteiger charge is -2.13. The molecule has 0 N–H and O–H groups in total. The summed E-state index contributed by atoms with van der Waals surface area (Å²) in [6, 6.07) is 7.78. The zero-order valence-electron chi connectivity index (χ0n) is 13.9. The largest absolute Gasteiger partial charge is 0.457 e. The molecule has 0 saturated carbocycles. The van der Waals surface area contributed by atoms with Gasteiger partial charge in [0.05, 0.1) is 26.3 Å². The number of rotatable bonds is 3. The van der Waals surface area contributed by atoms with Crippen LogP contribution in [-0.4, -0.2) is 22.4 Å². The molecule has 9 heteroatoms. The number of carbonyl (C=O) groups is 1. The number of halogens is 2. The van der Waals surface area contributed by atoms with Gasteiger partial charge < -0.3 is 4.74 Å². The minimum Gasteiger partial charge on any atom is -0.457 e. The molecule has 0 fully saturated rings. The summed E-state index contributed by atoms with van der Waals surface area (Å²) in [6.07, 6.45) is 0.465. The lowest BCUT2D eigenvalue weighted by molar-refractivity contribution is 0.0896. The summed E-state index contributed by atoms with van der Waals surface area (Å²) in [6.45, 7) is 0. The highest BCUT2D eigenvalue weighted by molar-refractivity contribution is 7.93. The van der Waals surface area contributed by atoms with E-state index >= 15 is 0 Å². The first kappa shape index (κ1) is 18.5. The highest BCUT2D eigenvalue weighted by Gasteiger charge is 2.37. The molecule has 0 heterocycles. The van der Waals surface area contributed by atoms with E-state index in [0.29, 0.717) is 0 Å². The third kappa shape index (κ3) is 3.37. The Hall–Kier alpha value is -3.30. The van der Waals surface area contributed by atoms with E-state index in [-0.39, 0.29) is 39.5 Å². The number of ether oxygens (including phenoxy) is 1. The Labute approximate surface area is 153 Å². The van der Waals surface area contributed by atoms with Gasteiger partial charge in [-0.2, -0.15) is 10.5 Å². The average Bonchev–Trinajstić information content (AvgIpc) is 2.90. The van der Waals surface area contributed by atoms with E-state index in [1.54, 1.807) is 6.07 Å². The van der Waals surface area contributed by atoms with E-state index in [1.165, 1.54) is 30.6 Å². The second-order valence-corrected chi connectivity index (χ2v) is 8.06. The first-order chi connectivity index (χ1) is 12.8. The van der Waals surface area contributed by atoms with Crippen LogP contribution in [0.5, 0.6) is 11.5 Å². The highest BCUT2D eigenvalue weighted by Crippen LogP contribution is 2.39. The maximum Gasteiger partial charge on any atom is 0.214 e. The molecule has 1 aliphatic carbocycles. The molecule has 2 unspecified atom stereocenters. The molecule has 0 radical (unpaired) electrons. The van der Waals surface area contributed by atoms with Gasteiger partial charge in [-0.15, -0.1) is 4.36 Å². The predicted molar refractivity (Wildman–Crippen MR) is 90.9 cm³/mol. The molecule has 0 aromatic heterocycles. The number of fused-ring (bicyclic) bond motifs is 1. The van der Waals surface area contributed by atoms with Crippen molar-refractivity contribution < 1.29 is 22.5 Å². The molecule has 2 atom stereocenters. The summed E-state index contributed by atoms with van der Waals surface area (Å²) in [7, 11) is -3.23. The maximum absolute atomic E-state index is 14.1. The molecule has 0 spiro atoms. The van der Waals surface area contributed by atoms with E-state index in [9.17, 15) is 17.8 Å². The van der Waals surface area contributed by atoms with Crippen LogP contribution in [0.2, 0.25) is 0 Å². The van der Waals surface area contributed by atoms with Crippen LogP contribution in [-0.2, 0) is 16.1 Å². The Morgan fingerprint density at radius 3 is 2.70 bits per heavy atom. The second kappa shape index (κ2) is 6.78. The molecule has 0 aliphatic heterocycles. The molecule has 2 aromatic rings. The topological polar surface area (TPSA) is 103 Å². The molecule has 6 nitrogen and oxygen atoms in total. The van der Waals surface area contributed by atoms with Gasteiger partial charge >= 0.3 is 0 Å². The number of ketones is 1. The van der Waals surface area contributed by atoms with E-state index in [2.05, 4.69) is 4.36 Å². The number of carbonyl (C=O) groups excluding carboxylic acids is 1. The summed E-state index contributed by atoms with van der Waals surface area (Å²) < 4.78 is 49.2. The summed E-state index contributed by atoms with van der Waals surface area (Å²) in [5.41, 5.74) is 0.0565. The molecule has 0 bridgehead atoms. The van der Waals surface area contributed by atoms with E-state index in [1.807, 2.05) is 0 Å². The Bertz CT molecular complexity index is 1170. The van der Waals surface area contributed by atoms with Crippen LogP contribution >= 0.6 is 0 Å². The van der Waals surface area contributed by atoms with E-state index in [4.69, 9.17) is 15.3 Å². The quantitative estimate of drug-likeness (QED) is 0.750. The fourth-order valence-electron chi connectivity index (χ4n) is 2.86. The van der Waals surface area contributed by atoms with Crippen LogP contribution in [0.1, 0.15) is 21.5 Å². The monoisotopic (exact) mass is 387 g/mol. The van der Waals surface area contributed by atoms with Gasteiger partial charge in [0.2, 0.25) is 6.19 Å². The summed E-state index contributed by atoms with van der Waals surface area (Å²) in [5, 5.41) is 17.6. The van der Waals surface area contributed by atoms with Gasteiger partial charge in [-0.3, -0.25) is 4.79 Å². The average molecular weight is 387 g/mol. The number of alkyl halides is 1. The van der Waals surface area contributed by atoms with Crippen LogP contribution in [0.25, 0.3) is 0 Å². The van der Waals surface area contributed by atoms with Crippen molar-refractivity contribution in [2.24, 2.45) is 4.36 Å². The summed E-state index contributed by atoms with van der Waals surface area (Å²) in [5.74, 6) is -1.50. The van der Waals surface area contributed by atoms with Gasteiger partial charge in [0.25, 0.3) is 0 Å². The van der Waals surface area contributed by atoms with Crippen molar-refractivity contribution in [2.75, 3.05) is 6.26 Å². The van der Waals surface area contributed by atoms with E-state index in [0.717, 1.165) is 12.1 Å². The first-order valence-electron chi connectivity index (χ1n) is 7.60. The number of benzene rings is 2. The third-order valence-corrected chi connectivity index (χ3v) is 5.58. The lowest BCUT2D eigenvalue weighted by atomic mass is 10.1. The van der Waals surface area contributed by atoms with Gasteiger partial charge in [-0.25, -0.2) is 13.0 Å². The van der Waals surface area contributed by atoms with Crippen LogP contribution in [0.15, 0.2) is 39.6 Å². The van der Waals surface area contributed by atoms with Gasteiger partial charge in [0.15, 0.2) is 12.0 Å². The first-order valence-corrected chi connectivity index (χ1v) is 9.52. The Morgan fingerprint density at radius 1 is 1.30 bits per heavy atom. The number of hydrogen-bond donors (Lipinski definition) is 0. The zero-order valence-corrected chi connectivity index (χ0v) is 14.7.